The molecule has 48 valence electrons. The number of thiocarbonyl (C=S) groups is 1. The van der Waals surface area contributed by atoms with Gasteiger partial charge in [0.15, 0.2) is 0 Å². The van der Waals surface area contributed by atoms with Gasteiger partial charge in [0.2, 0.25) is 0 Å². The molecule has 0 N–H and O–H groups in total. The van der Waals surface area contributed by atoms with Crippen molar-refractivity contribution in [3.05, 3.63) is 0 Å². The van der Waals surface area contributed by atoms with Crippen molar-refractivity contribution < 1.29 is 0 Å². The lowest BCUT2D eigenvalue weighted by atomic mass is 10.6. The van der Waals surface area contributed by atoms with Crippen LogP contribution >= 0.6 is 46.4 Å². The van der Waals surface area contributed by atoms with Crippen LogP contribution in [0.2, 0.25) is 0 Å². The molecular weight excluding hydrogens is 176 g/mol. The first-order valence-corrected chi connectivity index (χ1v) is 5.58. The van der Waals surface area contributed by atoms with Crippen LogP contribution in [-0.2, 0) is 0 Å². The molecule has 4 heteroatoms. The van der Waals surface area contributed by atoms with Crippen LogP contribution in [0.25, 0.3) is 0 Å². The van der Waals surface area contributed by atoms with Gasteiger partial charge in [0.25, 0.3) is 0 Å². The molecule has 0 heterocycles. The highest BCUT2D eigenvalue weighted by Crippen LogP contribution is 2.24. The van der Waals surface area contributed by atoms with Crippen LogP contribution in [-0.4, -0.2) is 15.7 Å². The molecule has 1 atom stereocenters. The minimum Gasteiger partial charge on any atom is -0.135 e. The van der Waals surface area contributed by atoms with Gasteiger partial charge in [0, 0.05) is 0 Å². The average Bonchev–Trinajstić information content (AvgIpc) is 1.67. The van der Waals surface area contributed by atoms with E-state index in [1.807, 2.05) is 6.26 Å². The molecule has 0 saturated heterocycles. The second-order valence-corrected chi connectivity index (χ2v) is 5.28. The van der Waals surface area contributed by atoms with Gasteiger partial charge in [-0.3, -0.25) is 0 Å². The lowest BCUT2D eigenvalue weighted by Gasteiger charge is -2.02. The minimum absolute atomic E-state index is 0.392. The molecule has 1 unspecified atom stereocenters. The summed E-state index contributed by atoms with van der Waals surface area (Å²) in [6.45, 7) is 2.05. The third-order valence-electron chi connectivity index (χ3n) is 0.588. The molecule has 0 spiro atoms. The summed E-state index contributed by atoms with van der Waals surface area (Å²) in [6, 6.07) is 0. The first-order valence-electron chi connectivity index (χ1n) is 2.10. The summed E-state index contributed by atoms with van der Waals surface area (Å²) in [7, 11) is 3.46. The molecule has 0 rings (SSSR count). The van der Waals surface area contributed by atoms with Gasteiger partial charge in [0.1, 0.15) is 0 Å². The molecule has 0 fully saturated rings. The van der Waals surface area contributed by atoms with Crippen molar-refractivity contribution in [2.75, 3.05) is 6.26 Å². The predicted molar refractivity (Wildman–Crippen MR) is 52.2 cm³/mol. The molecule has 0 nitrogen and oxygen atoms in total. The Balaban J connectivity index is 3.32. The van der Waals surface area contributed by atoms with Crippen LogP contribution in [0.15, 0.2) is 0 Å². The maximum Gasteiger partial charge on any atom is 0.0584 e. The van der Waals surface area contributed by atoms with Crippen molar-refractivity contribution in [2.24, 2.45) is 0 Å². The van der Waals surface area contributed by atoms with Crippen LogP contribution in [0.1, 0.15) is 6.92 Å². The van der Waals surface area contributed by atoms with Crippen molar-refractivity contribution in [3.63, 3.8) is 0 Å². The van der Waals surface area contributed by atoms with Gasteiger partial charge < -0.3 is 0 Å². The molecule has 0 aliphatic heterocycles. The molecule has 0 aliphatic rings. The number of hydrogen-bond acceptors (Lipinski definition) is 3. The average molecular weight is 184 g/mol. The number of thiol groups is 1. The van der Waals surface area contributed by atoms with Crippen molar-refractivity contribution in [1.82, 2.24) is 0 Å². The molecule has 0 aromatic heterocycles. The number of hydrogen-bond donors (Lipinski definition) is 1. The Labute approximate surface area is 69.0 Å². The van der Waals surface area contributed by atoms with E-state index in [2.05, 4.69) is 19.6 Å². The highest BCUT2D eigenvalue weighted by atomic mass is 33.1. The molecule has 0 aromatic carbocycles. The summed E-state index contributed by atoms with van der Waals surface area (Å²) in [5.41, 5.74) is 0. The van der Waals surface area contributed by atoms with E-state index in [1.54, 1.807) is 21.6 Å². The Hall–Kier alpha value is 1.14. The van der Waals surface area contributed by atoms with Gasteiger partial charge >= 0.3 is 0 Å². The van der Waals surface area contributed by atoms with E-state index in [9.17, 15) is 0 Å². The Kier molecular flexibility index (Phi) is 5.68. The molecule has 0 radical (unpaired) electrons. The summed E-state index contributed by atoms with van der Waals surface area (Å²) < 4.78 is 0.782. The van der Waals surface area contributed by atoms with Gasteiger partial charge in [-0.05, 0) is 13.2 Å². The van der Waals surface area contributed by atoms with E-state index in [-0.39, 0.29) is 0 Å². The first-order chi connectivity index (χ1) is 3.68. The van der Waals surface area contributed by atoms with E-state index in [1.165, 1.54) is 0 Å². The highest BCUT2D eigenvalue weighted by molar-refractivity contribution is 8.77. The molecule has 0 aliphatic carbocycles. The van der Waals surface area contributed by atoms with Gasteiger partial charge in [0.05, 0.1) is 9.45 Å². The quantitative estimate of drug-likeness (QED) is 0.407. The van der Waals surface area contributed by atoms with Gasteiger partial charge in [-0.1, -0.05) is 33.8 Å². The molecule has 0 saturated carbocycles. The highest BCUT2D eigenvalue weighted by Gasteiger charge is 2.02. The SMILES string of the molecule is CSSC(C)C(=S)S. The van der Waals surface area contributed by atoms with Gasteiger partial charge in [-0.25, -0.2) is 0 Å². The fraction of sp³-hybridized carbons (Fsp3) is 0.750. The maximum absolute atomic E-state index is 4.81. The van der Waals surface area contributed by atoms with E-state index < -0.39 is 0 Å². The normalized spacial score (nSPS) is 13.4. The van der Waals surface area contributed by atoms with Gasteiger partial charge in [-0.2, -0.15) is 0 Å². The second kappa shape index (κ2) is 4.97. The van der Waals surface area contributed by atoms with Crippen molar-refractivity contribution >= 4 is 50.6 Å². The lowest BCUT2D eigenvalue weighted by Crippen LogP contribution is -2.00. The van der Waals surface area contributed by atoms with E-state index in [4.69, 9.17) is 12.2 Å². The van der Waals surface area contributed by atoms with E-state index in [0.29, 0.717) is 5.25 Å². The van der Waals surface area contributed by atoms with Crippen LogP contribution in [0.5, 0.6) is 0 Å². The van der Waals surface area contributed by atoms with Crippen LogP contribution in [0, 0.1) is 0 Å². The van der Waals surface area contributed by atoms with Crippen LogP contribution < -0.4 is 0 Å². The Morgan fingerprint density at radius 3 is 2.38 bits per heavy atom. The second-order valence-electron chi connectivity index (χ2n) is 1.24. The molecule has 8 heavy (non-hydrogen) atoms. The monoisotopic (exact) mass is 184 g/mol. The first kappa shape index (κ1) is 9.14. The van der Waals surface area contributed by atoms with Crippen LogP contribution in [0.4, 0.5) is 0 Å². The Morgan fingerprint density at radius 2 is 2.25 bits per heavy atom. The fourth-order valence-corrected chi connectivity index (χ4v) is 2.41. The smallest absolute Gasteiger partial charge is 0.0584 e. The zero-order valence-electron chi connectivity index (χ0n) is 4.75. The molecule has 0 bridgehead atoms. The molecular formula is C4H8S4. The number of rotatable bonds is 3. The van der Waals surface area contributed by atoms with E-state index in [0.717, 1.165) is 4.20 Å². The minimum atomic E-state index is 0.392. The summed E-state index contributed by atoms with van der Waals surface area (Å²) in [4.78, 5) is 0. The zero-order chi connectivity index (χ0) is 6.57. The predicted octanol–water partition coefficient (Wildman–Crippen LogP) is 2.64. The van der Waals surface area contributed by atoms with Crippen molar-refractivity contribution in [1.29, 1.82) is 0 Å². The zero-order valence-corrected chi connectivity index (χ0v) is 8.09. The summed E-state index contributed by atoms with van der Waals surface area (Å²) in [5.74, 6) is 0. The Morgan fingerprint density at radius 1 is 1.75 bits per heavy atom. The summed E-state index contributed by atoms with van der Waals surface area (Å²) >= 11 is 8.84. The maximum atomic E-state index is 4.81. The molecule has 0 amide bonds. The van der Waals surface area contributed by atoms with E-state index >= 15 is 0 Å². The molecule has 0 aromatic rings. The Bertz CT molecular complexity index is 80.1. The third-order valence-corrected chi connectivity index (χ3v) is 3.81. The summed E-state index contributed by atoms with van der Waals surface area (Å²) in [6.07, 6.45) is 2.03. The van der Waals surface area contributed by atoms with Crippen molar-refractivity contribution in [2.45, 2.75) is 12.2 Å². The summed E-state index contributed by atoms with van der Waals surface area (Å²) in [5, 5.41) is 0.392. The lowest BCUT2D eigenvalue weighted by molar-refractivity contribution is 1.38. The standard InChI is InChI=1S/C4H8S4/c1-3(4(5)6)8-7-2/h3H,1-2H3,(H,5,6). The topological polar surface area (TPSA) is 0 Å². The third kappa shape index (κ3) is 4.06. The van der Waals surface area contributed by atoms with Crippen LogP contribution in [0.3, 0.4) is 0 Å². The van der Waals surface area contributed by atoms with Gasteiger partial charge in [-0.15, -0.1) is 12.6 Å². The fourth-order valence-electron chi connectivity index (χ4n) is 0.185. The largest absolute Gasteiger partial charge is 0.135 e. The van der Waals surface area contributed by atoms with Crippen molar-refractivity contribution in [3.8, 4) is 0 Å².